The van der Waals surface area contributed by atoms with Crippen LogP contribution >= 0.6 is 23.2 Å². The number of phenols is 1. The second kappa shape index (κ2) is 9.26. The lowest BCUT2D eigenvalue weighted by Crippen LogP contribution is -2.32. The molecule has 0 bridgehead atoms. The molecule has 0 aliphatic carbocycles. The van der Waals surface area contributed by atoms with Crippen molar-refractivity contribution in [1.82, 2.24) is 15.0 Å². The highest BCUT2D eigenvalue weighted by atomic mass is 35.5. The van der Waals surface area contributed by atoms with Gasteiger partial charge in [0.1, 0.15) is 0 Å². The molecule has 1 amide bonds. The van der Waals surface area contributed by atoms with Gasteiger partial charge in [-0.25, -0.2) is 0 Å². The smallest absolute Gasteiger partial charge is 0.316 e. The van der Waals surface area contributed by atoms with E-state index in [0.717, 1.165) is 5.57 Å². The molecule has 0 radical (unpaired) electrons. The molecule has 0 aliphatic rings. The number of carbonyl (C=O) groups excluding carboxylic acids is 1. The lowest BCUT2D eigenvalue weighted by atomic mass is 10.2. The Labute approximate surface area is 167 Å². The van der Waals surface area contributed by atoms with Crippen molar-refractivity contribution in [2.45, 2.75) is 13.8 Å². The van der Waals surface area contributed by atoms with Gasteiger partial charge in [0, 0.05) is 18.7 Å². The Morgan fingerprint density at radius 2 is 2.07 bits per heavy atom. The van der Waals surface area contributed by atoms with Gasteiger partial charge in [-0.05, 0) is 37.6 Å². The maximum atomic E-state index is 12.7. The molecule has 1 heterocycles. The fraction of sp³-hybridized carbons (Fsp3) is 0.211. The maximum Gasteiger partial charge on any atom is 0.316 e. The number of phenolic OH excluding ortho intramolecular Hbond substituents is 1. The molecule has 27 heavy (non-hydrogen) atoms. The van der Waals surface area contributed by atoms with E-state index in [2.05, 4.69) is 16.1 Å². The van der Waals surface area contributed by atoms with Gasteiger partial charge in [0.15, 0.2) is 5.75 Å². The number of halogens is 2. The van der Waals surface area contributed by atoms with Crippen LogP contribution in [0.1, 0.15) is 24.5 Å². The Morgan fingerprint density at radius 3 is 2.63 bits per heavy atom. The van der Waals surface area contributed by atoms with Crippen molar-refractivity contribution in [2.75, 3.05) is 13.1 Å². The Kier molecular flexibility index (Phi) is 7.05. The summed E-state index contributed by atoms with van der Waals surface area (Å²) in [6, 6.07) is 2.86. The van der Waals surface area contributed by atoms with Gasteiger partial charge in [-0.2, -0.15) is 4.98 Å². The molecule has 8 heteroatoms. The van der Waals surface area contributed by atoms with E-state index in [0.29, 0.717) is 18.7 Å². The molecule has 6 nitrogen and oxygen atoms in total. The number of likely N-dealkylation sites (N-methyl/N-ethyl adjacent to an activating group) is 1. The Morgan fingerprint density at radius 1 is 1.41 bits per heavy atom. The summed E-state index contributed by atoms with van der Waals surface area (Å²) in [6.07, 6.45) is 10.6. The van der Waals surface area contributed by atoms with Gasteiger partial charge in [0.05, 0.1) is 10.0 Å². The molecule has 0 atom stereocenters. The Bertz CT molecular complexity index is 919. The topological polar surface area (TPSA) is 79.5 Å². The van der Waals surface area contributed by atoms with E-state index < -0.39 is 5.91 Å². The van der Waals surface area contributed by atoms with Crippen molar-refractivity contribution in [3.63, 3.8) is 0 Å². The van der Waals surface area contributed by atoms with Crippen LogP contribution in [0.3, 0.4) is 0 Å². The van der Waals surface area contributed by atoms with Crippen LogP contribution < -0.4 is 0 Å². The number of nitrogens with zero attached hydrogens (tertiary/aromatic N) is 3. The summed E-state index contributed by atoms with van der Waals surface area (Å²) in [4.78, 5) is 18.3. The summed E-state index contributed by atoms with van der Waals surface area (Å²) >= 11 is 11.8. The van der Waals surface area contributed by atoms with Gasteiger partial charge < -0.3 is 14.5 Å². The predicted octanol–water partition coefficient (Wildman–Crippen LogP) is 4.35. The number of aromatic hydroxyl groups is 1. The van der Waals surface area contributed by atoms with Crippen molar-refractivity contribution in [3.05, 3.63) is 51.9 Å². The van der Waals surface area contributed by atoms with E-state index in [9.17, 15) is 9.90 Å². The third-order valence-electron chi connectivity index (χ3n) is 3.58. The Balaban J connectivity index is 2.27. The van der Waals surface area contributed by atoms with E-state index in [1.807, 2.05) is 26.0 Å². The standard InChI is InChI=1S/C19H17Cl2N3O3/c1-4-7-12(8-5-2)11-24(6-3)19(26)18-22-17(23-27-18)13-9-14(20)16(25)15(21)10-13/h1,5,7-10,25H,6,11H2,2-3H3/b8-5-,12-7+. The maximum absolute atomic E-state index is 12.7. The summed E-state index contributed by atoms with van der Waals surface area (Å²) in [5.41, 5.74) is 1.21. The van der Waals surface area contributed by atoms with Crippen molar-refractivity contribution >= 4 is 29.1 Å². The van der Waals surface area contributed by atoms with E-state index in [4.69, 9.17) is 34.1 Å². The molecule has 1 N–H and O–H groups in total. The monoisotopic (exact) mass is 405 g/mol. The van der Waals surface area contributed by atoms with Gasteiger partial charge in [0.2, 0.25) is 5.82 Å². The van der Waals surface area contributed by atoms with Crippen molar-refractivity contribution in [1.29, 1.82) is 0 Å². The molecular weight excluding hydrogens is 389 g/mol. The lowest BCUT2D eigenvalue weighted by Gasteiger charge is -2.19. The first kappa shape index (κ1) is 20.6. The summed E-state index contributed by atoms with van der Waals surface area (Å²) < 4.78 is 5.10. The third kappa shape index (κ3) is 4.91. The molecule has 0 fully saturated rings. The van der Waals surface area contributed by atoms with Crippen LogP contribution in [0.2, 0.25) is 10.0 Å². The number of carbonyl (C=O) groups is 1. The van der Waals surface area contributed by atoms with E-state index >= 15 is 0 Å². The van der Waals surface area contributed by atoms with Crippen LogP contribution in [-0.2, 0) is 0 Å². The third-order valence-corrected chi connectivity index (χ3v) is 4.15. The van der Waals surface area contributed by atoms with Crippen LogP contribution in [0.4, 0.5) is 0 Å². The number of aromatic nitrogens is 2. The normalized spacial score (nSPS) is 11.6. The zero-order valence-electron chi connectivity index (χ0n) is 14.7. The van der Waals surface area contributed by atoms with Crippen molar-refractivity contribution in [2.24, 2.45) is 0 Å². The van der Waals surface area contributed by atoms with Crippen LogP contribution in [-0.4, -0.2) is 39.1 Å². The largest absolute Gasteiger partial charge is 0.505 e. The zero-order chi connectivity index (χ0) is 20.0. The summed E-state index contributed by atoms with van der Waals surface area (Å²) in [6.45, 7) is 4.42. The van der Waals surface area contributed by atoms with E-state index in [-0.39, 0.29) is 27.5 Å². The summed E-state index contributed by atoms with van der Waals surface area (Å²) in [5, 5.41) is 13.5. The fourth-order valence-corrected chi connectivity index (χ4v) is 2.76. The Hall–Kier alpha value is -2.75. The number of amides is 1. The highest BCUT2D eigenvalue weighted by Gasteiger charge is 2.22. The van der Waals surface area contributed by atoms with Gasteiger partial charge >= 0.3 is 11.8 Å². The molecule has 1 aromatic heterocycles. The number of hydrogen-bond acceptors (Lipinski definition) is 5. The molecule has 0 spiro atoms. The first-order chi connectivity index (χ1) is 12.9. The number of benzene rings is 1. The van der Waals surface area contributed by atoms with Gasteiger partial charge in [-0.15, -0.1) is 6.42 Å². The molecule has 140 valence electrons. The van der Waals surface area contributed by atoms with Crippen LogP contribution in [0.25, 0.3) is 11.4 Å². The first-order valence-corrected chi connectivity index (χ1v) is 8.76. The minimum atomic E-state index is -0.431. The second-order valence-electron chi connectivity index (χ2n) is 5.42. The predicted molar refractivity (Wildman–Crippen MR) is 105 cm³/mol. The SMILES string of the molecule is C#C/C=C(\C=C/C)CN(CC)C(=O)c1nc(-c2cc(Cl)c(O)c(Cl)c2)no1. The zero-order valence-corrected chi connectivity index (χ0v) is 16.3. The molecular formula is C19H17Cl2N3O3. The highest BCUT2D eigenvalue weighted by molar-refractivity contribution is 6.37. The molecule has 0 saturated heterocycles. The quantitative estimate of drug-likeness (QED) is 0.570. The number of terminal acetylenes is 1. The molecule has 0 saturated carbocycles. The summed E-state index contributed by atoms with van der Waals surface area (Å²) in [5.74, 6) is 1.74. The molecule has 1 aromatic carbocycles. The van der Waals surface area contributed by atoms with Gasteiger partial charge in [-0.1, -0.05) is 46.4 Å². The number of allylic oxidation sites excluding steroid dienone is 2. The highest BCUT2D eigenvalue weighted by Crippen LogP contribution is 2.35. The van der Waals surface area contributed by atoms with Crippen LogP contribution in [0.5, 0.6) is 5.75 Å². The summed E-state index contributed by atoms with van der Waals surface area (Å²) in [7, 11) is 0. The molecule has 0 aliphatic heterocycles. The average Bonchev–Trinajstić information content (AvgIpc) is 3.13. The minimum Gasteiger partial charge on any atom is -0.505 e. The number of hydrogen-bond donors (Lipinski definition) is 1. The molecule has 0 unspecified atom stereocenters. The lowest BCUT2D eigenvalue weighted by molar-refractivity contribution is 0.0729. The van der Waals surface area contributed by atoms with Crippen LogP contribution in [0, 0.1) is 12.3 Å². The van der Waals surface area contributed by atoms with Gasteiger partial charge in [0.25, 0.3) is 0 Å². The molecule has 2 rings (SSSR count). The van der Waals surface area contributed by atoms with E-state index in [1.165, 1.54) is 17.0 Å². The second-order valence-corrected chi connectivity index (χ2v) is 6.23. The van der Waals surface area contributed by atoms with Crippen molar-refractivity contribution < 1.29 is 14.4 Å². The van der Waals surface area contributed by atoms with Gasteiger partial charge in [-0.3, -0.25) is 4.79 Å². The van der Waals surface area contributed by atoms with Crippen LogP contribution in [0.15, 0.2) is 40.5 Å². The van der Waals surface area contributed by atoms with E-state index in [1.54, 1.807) is 6.08 Å². The first-order valence-electron chi connectivity index (χ1n) is 8.00. The minimum absolute atomic E-state index is 0.0424. The molecule has 2 aromatic rings. The number of rotatable bonds is 6. The average molecular weight is 406 g/mol. The van der Waals surface area contributed by atoms with Crippen molar-refractivity contribution in [3.8, 4) is 29.5 Å². The fourth-order valence-electron chi connectivity index (χ4n) is 2.27.